The Balaban J connectivity index is 1.99. The van der Waals surface area contributed by atoms with E-state index in [0.29, 0.717) is 10.6 Å². The SMILES string of the molecule is Fc1ccc(Cl)cc1C(Br)c1ccc2c(c1)CCC2. The van der Waals surface area contributed by atoms with Gasteiger partial charge in [-0.05, 0) is 54.2 Å². The molecule has 0 nitrogen and oxygen atoms in total. The van der Waals surface area contributed by atoms with Gasteiger partial charge in [-0.15, -0.1) is 0 Å². The van der Waals surface area contributed by atoms with Gasteiger partial charge in [0.05, 0.1) is 4.83 Å². The Labute approximate surface area is 125 Å². The minimum absolute atomic E-state index is 0.155. The summed E-state index contributed by atoms with van der Waals surface area (Å²) in [5.41, 5.74) is 4.49. The highest BCUT2D eigenvalue weighted by molar-refractivity contribution is 9.09. The van der Waals surface area contributed by atoms with E-state index >= 15 is 0 Å². The second kappa shape index (κ2) is 5.26. The molecule has 0 aliphatic heterocycles. The summed E-state index contributed by atoms with van der Waals surface area (Å²) in [5.74, 6) is -0.230. The molecule has 2 aromatic carbocycles. The zero-order chi connectivity index (χ0) is 13.4. The number of fused-ring (bicyclic) bond motifs is 1. The van der Waals surface area contributed by atoms with Crippen molar-refractivity contribution in [3.63, 3.8) is 0 Å². The van der Waals surface area contributed by atoms with Crippen molar-refractivity contribution in [2.45, 2.75) is 24.1 Å². The van der Waals surface area contributed by atoms with Gasteiger partial charge < -0.3 is 0 Å². The molecule has 1 aliphatic rings. The fourth-order valence-electron chi connectivity index (χ4n) is 2.64. The van der Waals surface area contributed by atoms with Gasteiger partial charge in [0.2, 0.25) is 0 Å². The molecule has 0 radical (unpaired) electrons. The average Bonchev–Trinajstić information content (AvgIpc) is 2.88. The molecule has 0 spiro atoms. The van der Waals surface area contributed by atoms with Crippen molar-refractivity contribution in [2.24, 2.45) is 0 Å². The van der Waals surface area contributed by atoms with E-state index in [1.165, 1.54) is 23.6 Å². The van der Waals surface area contributed by atoms with E-state index < -0.39 is 0 Å². The maximum atomic E-state index is 13.9. The Morgan fingerprint density at radius 3 is 2.68 bits per heavy atom. The number of rotatable bonds is 2. The van der Waals surface area contributed by atoms with Crippen molar-refractivity contribution in [3.05, 3.63) is 69.5 Å². The number of hydrogen-bond acceptors (Lipinski definition) is 0. The van der Waals surface area contributed by atoms with Crippen molar-refractivity contribution in [2.75, 3.05) is 0 Å². The fraction of sp³-hybridized carbons (Fsp3) is 0.250. The van der Waals surface area contributed by atoms with Gasteiger partial charge in [-0.2, -0.15) is 0 Å². The van der Waals surface area contributed by atoms with Gasteiger partial charge in [0.25, 0.3) is 0 Å². The Kier molecular flexibility index (Phi) is 3.64. The lowest BCUT2D eigenvalue weighted by molar-refractivity contribution is 0.613. The molecule has 1 unspecified atom stereocenters. The summed E-state index contributed by atoms with van der Waals surface area (Å²) in [6.07, 6.45) is 3.51. The number of halogens is 3. The van der Waals surface area contributed by atoms with Crippen LogP contribution < -0.4 is 0 Å². The molecule has 19 heavy (non-hydrogen) atoms. The second-order valence-electron chi connectivity index (χ2n) is 4.91. The lowest BCUT2D eigenvalue weighted by atomic mass is 10.00. The lowest BCUT2D eigenvalue weighted by Crippen LogP contribution is -1.98. The van der Waals surface area contributed by atoms with E-state index in [-0.39, 0.29) is 10.6 Å². The van der Waals surface area contributed by atoms with E-state index in [2.05, 4.69) is 34.1 Å². The molecule has 98 valence electrons. The normalized spacial score (nSPS) is 15.3. The molecule has 2 aromatic rings. The van der Waals surface area contributed by atoms with Crippen LogP contribution in [0, 0.1) is 5.82 Å². The van der Waals surface area contributed by atoms with Crippen molar-refractivity contribution < 1.29 is 4.39 Å². The summed E-state index contributed by atoms with van der Waals surface area (Å²) in [6.45, 7) is 0. The summed E-state index contributed by atoms with van der Waals surface area (Å²) in [7, 11) is 0. The van der Waals surface area contributed by atoms with Crippen molar-refractivity contribution >= 4 is 27.5 Å². The predicted octanol–water partition coefficient (Wildman–Crippen LogP) is 5.45. The highest BCUT2D eigenvalue weighted by Gasteiger charge is 2.18. The molecule has 0 amide bonds. The molecule has 1 atom stereocenters. The van der Waals surface area contributed by atoms with Crippen LogP contribution in [-0.4, -0.2) is 0 Å². The van der Waals surface area contributed by atoms with E-state index in [4.69, 9.17) is 11.6 Å². The van der Waals surface area contributed by atoms with E-state index in [1.54, 1.807) is 12.1 Å². The Morgan fingerprint density at radius 2 is 1.84 bits per heavy atom. The number of alkyl halides is 1. The number of aryl methyl sites for hydroxylation is 2. The van der Waals surface area contributed by atoms with Crippen molar-refractivity contribution in [3.8, 4) is 0 Å². The molecule has 0 fully saturated rings. The molecule has 3 heteroatoms. The largest absolute Gasteiger partial charge is 0.207 e. The summed E-state index contributed by atoms with van der Waals surface area (Å²) >= 11 is 9.54. The van der Waals surface area contributed by atoms with Gasteiger partial charge in [-0.25, -0.2) is 4.39 Å². The number of hydrogen-bond donors (Lipinski definition) is 0. The Morgan fingerprint density at radius 1 is 1.05 bits per heavy atom. The molecule has 0 saturated heterocycles. The van der Waals surface area contributed by atoms with Crippen LogP contribution in [0.25, 0.3) is 0 Å². The summed E-state index contributed by atoms with van der Waals surface area (Å²) in [5, 5.41) is 0.557. The van der Waals surface area contributed by atoms with Crippen LogP contribution in [0.1, 0.15) is 33.5 Å². The third-order valence-corrected chi connectivity index (χ3v) is 4.90. The topological polar surface area (TPSA) is 0 Å². The molecule has 0 bridgehead atoms. The maximum Gasteiger partial charge on any atom is 0.127 e. The van der Waals surface area contributed by atoms with E-state index in [9.17, 15) is 4.39 Å². The lowest BCUT2D eigenvalue weighted by Gasteiger charge is -2.13. The molecule has 0 saturated carbocycles. The van der Waals surface area contributed by atoms with Crippen molar-refractivity contribution in [1.29, 1.82) is 0 Å². The molecule has 3 rings (SSSR count). The molecule has 0 aromatic heterocycles. The first kappa shape index (κ1) is 13.1. The predicted molar refractivity (Wildman–Crippen MR) is 80.6 cm³/mol. The van der Waals surface area contributed by atoms with Crippen LogP contribution in [0.3, 0.4) is 0 Å². The quantitative estimate of drug-likeness (QED) is 0.638. The monoisotopic (exact) mass is 338 g/mol. The van der Waals surface area contributed by atoms with Gasteiger partial charge in [-0.1, -0.05) is 45.7 Å². The summed E-state index contributed by atoms with van der Waals surface area (Å²) in [4.78, 5) is -0.155. The highest BCUT2D eigenvalue weighted by atomic mass is 79.9. The van der Waals surface area contributed by atoms with Crippen LogP contribution in [0.5, 0.6) is 0 Å². The molecule has 1 aliphatic carbocycles. The summed E-state index contributed by atoms with van der Waals surface area (Å²) < 4.78 is 13.9. The van der Waals surface area contributed by atoms with Gasteiger partial charge in [0.1, 0.15) is 5.82 Å². The second-order valence-corrected chi connectivity index (χ2v) is 6.26. The maximum absolute atomic E-state index is 13.9. The third-order valence-electron chi connectivity index (χ3n) is 3.65. The van der Waals surface area contributed by atoms with Crippen LogP contribution >= 0.6 is 27.5 Å². The standard InChI is InChI=1S/C16H13BrClF/c17-16(14-9-13(18)6-7-15(14)19)12-5-4-10-2-1-3-11(10)8-12/h4-9,16H,1-3H2. The minimum Gasteiger partial charge on any atom is -0.207 e. The smallest absolute Gasteiger partial charge is 0.127 e. The van der Waals surface area contributed by atoms with E-state index in [0.717, 1.165) is 18.4 Å². The molecule has 0 N–H and O–H groups in total. The van der Waals surface area contributed by atoms with Gasteiger partial charge in [0.15, 0.2) is 0 Å². The Hall–Kier alpha value is -0.860. The zero-order valence-corrected chi connectivity index (χ0v) is 12.6. The highest BCUT2D eigenvalue weighted by Crippen LogP contribution is 2.36. The van der Waals surface area contributed by atoms with Crippen molar-refractivity contribution in [1.82, 2.24) is 0 Å². The third kappa shape index (κ3) is 2.56. The fourth-order valence-corrected chi connectivity index (χ4v) is 3.45. The first-order valence-corrected chi connectivity index (χ1v) is 7.65. The zero-order valence-electron chi connectivity index (χ0n) is 10.3. The van der Waals surface area contributed by atoms with Gasteiger partial charge >= 0.3 is 0 Å². The first-order valence-electron chi connectivity index (χ1n) is 6.36. The van der Waals surface area contributed by atoms with Gasteiger partial charge in [-0.3, -0.25) is 0 Å². The minimum atomic E-state index is -0.230. The molecule has 0 heterocycles. The van der Waals surface area contributed by atoms with Crippen LogP contribution in [0.2, 0.25) is 5.02 Å². The summed E-state index contributed by atoms with van der Waals surface area (Å²) in [6, 6.07) is 11.1. The van der Waals surface area contributed by atoms with E-state index in [1.807, 2.05) is 0 Å². The molecular weight excluding hydrogens is 327 g/mol. The molecular formula is C16H13BrClF. The van der Waals surface area contributed by atoms with Gasteiger partial charge in [0, 0.05) is 10.6 Å². The Bertz CT molecular complexity index is 624. The first-order chi connectivity index (χ1) is 9.15. The number of benzene rings is 2. The van der Waals surface area contributed by atoms with Crippen LogP contribution in [0.4, 0.5) is 4.39 Å². The van der Waals surface area contributed by atoms with Crippen LogP contribution in [-0.2, 0) is 12.8 Å². The average molecular weight is 340 g/mol. The van der Waals surface area contributed by atoms with Crippen LogP contribution in [0.15, 0.2) is 36.4 Å².